The lowest BCUT2D eigenvalue weighted by Crippen LogP contribution is -2.48. The quantitative estimate of drug-likeness (QED) is 0.900. The Hall–Kier alpha value is -2.15. The van der Waals surface area contributed by atoms with Gasteiger partial charge < -0.3 is 10.2 Å². The van der Waals surface area contributed by atoms with Crippen LogP contribution in [0.1, 0.15) is 45.2 Å². The van der Waals surface area contributed by atoms with Crippen molar-refractivity contribution < 1.29 is 9.59 Å². The van der Waals surface area contributed by atoms with E-state index in [1.165, 1.54) is 22.4 Å². The molecule has 2 N–H and O–H groups in total. The van der Waals surface area contributed by atoms with E-state index in [1.807, 2.05) is 19.1 Å². The Kier molecular flexibility index (Phi) is 4.21. The molecule has 1 saturated heterocycles. The maximum Gasteiger partial charge on any atom is 0.261 e. The van der Waals surface area contributed by atoms with Crippen LogP contribution >= 0.6 is 11.3 Å². The van der Waals surface area contributed by atoms with Gasteiger partial charge >= 0.3 is 0 Å². The Labute approximate surface area is 138 Å². The first-order valence-electron chi connectivity index (χ1n) is 7.70. The third-order valence-electron chi connectivity index (χ3n) is 4.15. The molecule has 23 heavy (non-hydrogen) atoms. The molecular formula is C16H20N4O2S. The molecule has 1 atom stereocenters. The highest BCUT2D eigenvalue weighted by Gasteiger charge is 2.38. The summed E-state index contributed by atoms with van der Waals surface area (Å²) in [5, 5.41) is 9.55. The van der Waals surface area contributed by atoms with Gasteiger partial charge in [-0.15, -0.1) is 11.3 Å². The highest BCUT2D eigenvalue weighted by Crippen LogP contribution is 2.24. The number of hydrogen-bond acceptors (Lipinski definition) is 4. The number of nitrogens with one attached hydrogen (secondary N) is 2. The lowest BCUT2D eigenvalue weighted by molar-refractivity contribution is 0.0769. The van der Waals surface area contributed by atoms with Crippen molar-refractivity contribution in [3.8, 4) is 0 Å². The molecule has 0 radical (unpaired) electrons. The smallest absolute Gasteiger partial charge is 0.261 e. The average Bonchev–Trinajstić information content (AvgIpc) is 3.27. The number of likely N-dealkylation sites (tertiary alicyclic amines) is 1. The lowest BCUT2D eigenvalue weighted by atomic mass is 10.0. The fourth-order valence-corrected chi connectivity index (χ4v) is 3.66. The van der Waals surface area contributed by atoms with Crippen LogP contribution in [0.5, 0.6) is 0 Å². The third kappa shape index (κ3) is 3.29. The normalized spacial score (nSPS) is 20.7. The summed E-state index contributed by atoms with van der Waals surface area (Å²) in [7, 11) is 0. The topological polar surface area (TPSA) is 78.1 Å². The van der Waals surface area contributed by atoms with Gasteiger partial charge in [0, 0.05) is 24.2 Å². The van der Waals surface area contributed by atoms with E-state index < -0.39 is 5.54 Å². The molecule has 0 aliphatic carbocycles. The summed E-state index contributed by atoms with van der Waals surface area (Å²) in [5.74, 6) is -0.115. The number of H-pyrrole nitrogens is 1. The first kappa shape index (κ1) is 15.7. The number of carbonyl (C=O) groups is 2. The van der Waals surface area contributed by atoms with Crippen molar-refractivity contribution in [3.05, 3.63) is 39.8 Å². The van der Waals surface area contributed by atoms with Crippen molar-refractivity contribution in [2.24, 2.45) is 0 Å². The highest BCUT2D eigenvalue weighted by atomic mass is 32.1. The molecule has 0 saturated carbocycles. The van der Waals surface area contributed by atoms with E-state index in [-0.39, 0.29) is 11.8 Å². The molecule has 3 heterocycles. The summed E-state index contributed by atoms with van der Waals surface area (Å²) in [6.07, 6.45) is 4.79. The third-order valence-corrected chi connectivity index (χ3v) is 5.38. The predicted octanol–water partition coefficient (Wildman–Crippen LogP) is 2.07. The van der Waals surface area contributed by atoms with Crippen LogP contribution in [0.25, 0.3) is 0 Å². The SMILES string of the molecule is CCc1ccc(C(=O)NC2(C)CCN(C(=O)c3cn[nH]c3)C2)s1. The molecule has 1 unspecified atom stereocenters. The van der Waals surface area contributed by atoms with Gasteiger partial charge in [-0.2, -0.15) is 5.10 Å². The molecule has 2 aromatic rings. The molecule has 7 heteroatoms. The van der Waals surface area contributed by atoms with E-state index in [9.17, 15) is 9.59 Å². The Morgan fingerprint density at radius 1 is 1.48 bits per heavy atom. The zero-order valence-electron chi connectivity index (χ0n) is 13.3. The molecule has 6 nitrogen and oxygen atoms in total. The van der Waals surface area contributed by atoms with Crippen LogP contribution in [0, 0.1) is 0 Å². The van der Waals surface area contributed by atoms with E-state index in [4.69, 9.17) is 0 Å². The molecule has 1 aliphatic heterocycles. The zero-order chi connectivity index (χ0) is 16.4. The van der Waals surface area contributed by atoms with Crippen molar-refractivity contribution in [2.45, 2.75) is 32.2 Å². The van der Waals surface area contributed by atoms with Crippen LogP contribution in [-0.4, -0.2) is 45.5 Å². The van der Waals surface area contributed by atoms with Gasteiger partial charge in [0.25, 0.3) is 11.8 Å². The van der Waals surface area contributed by atoms with E-state index in [0.717, 1.165) is 17.7 Å². The Bertz CT molecular complexity index is 709. The van der Waals surface area contributed by atoms with Crippen LogP contribution in [0.2, 0.25) is 0 Å². The lowest BCUT2D eigenvalue weighted by Gasteiger charge is -2.25. The summed E-state index contributed by atoms with van der Waals surface area (Å²) >= 11 is 1.52. The number of aryl methyl sites for hydroxylation is 1. The summed E-state index contributed by atoms with van der Waals surface area (Å²) < 4.78 is 0. The second kappa shape index (κ2) is 6.16. The number of aromatic amines is 1. The van der Waals surface area contributed by atoms with Gasteiger partial charge in [-0.1, -0.05) is 6.92 Å². The molecule has 0 spiro atoms. The molecule has 0 bridgehead atoms. The second-order valence-electron chi connectivity index (χ2n) is 6.10. The average molecular weight is 332 g/mol. The largest absolute Gasteiger partial charge is 0.344 e. The molecule has 2 amide bonds. The maximum atomic E-state index is 12.4. The fraction of sp³-hybridized carbons (Fsp3) is 0.438. The van der Waals surface area contributed by atoms with Gasteiger partial charge in [0.15, 0.2) is 0 Å². The molecule has 3 rings (SSSR count). The van der Waals surface area contributed by atoms with Crippen LogP contribution in [0.3, 0.4) is 0 Å². The zero-order valence-corrected chi connectivity index (χ0v) is 14.1. The minimum absolute atomic E-state index is 0.0545. The van der Waals surface area contributed by atoms with Gasteiger partial charge in [-0.05, 0) is 31.9 Å². The van der Waals surface area contributed by atoms with Gasteiger partial charge in [0.1, 0.15) is 0 Å². The van der Waals surface area contributed by atoms with Crippen molar-refractivity contribution in [2.75, 3.05) is 13.1 Å². The molecule has 1 fully saturated rings. The Balaban J connectivity index is 1.64. The highest BCUT2D eigenvalue weighted by molar-refractivity contribution is 7.14. The van der Waals surface area contributed by atoms with Gasteiger partial charge in [-0.25, -0.2) is 0 Å². The van der Waals surface area contributed by atoms with Crippen LogP contribution in [-0.2, 0) is 6.42 Å². The first-order valence-corrected chi connectivity index (χ1v) is 8.52. The number of amides is 2. The number of nitrogens with zero attached hydrogens (tertiary/aromatic N) is 2. The number of aromatic nitrogens is 2. The van der Waals surface area contributed by atoms with Crippen molar-refractivity contribution in [1.29, 1.82) is 0 Å². The van der Waals surface area contributed by atoms with Gasteiger partial charge in [0.05, 0.1) is 22.2 Å². The summed E-state index contributed by atoms with van der Waals surface area (Å²) in [6.45, 7) is 5.20. The van der Waals surface area contributed by atoms with E-state index >= 15 is 0 Å². The molecule has 0 aromatic carbocycles. The Morgan fingerprint density at radius 2 is 2.30 bits per heavy atom. The molecular weight excluding hydrogens is 312 g/mol. The van der Waals surface area contributed by atoms with Crippen molar-refractivity contribution in [3.63, 3.8) is 0 Å². The predicted molar refractivity (Wildman–Crippen MR) is 88.7 cm³/mol. The Morgan fingerprint density at radius 3 is 2.96 bits per heavy atom. The fourth-order valence-electron chi connectivity index (χ4n) is 2.81. The van der Waals surface area contributed by atoms with Crippen LogP contribution < -0.4 is 5.32 Å². The van der Waals surface area contributed by atoms with Gasteiger partial charge in [-0.3, -0.25) is 14.7 Å². The number of hydrogen-bond donors (Lipinski definition) is 2. The number of carbonyl (C=O) groups excluding carboxylic acids is 2. The first-order chi connectivity index (χ1) is 11.0. The van der Waals surface area contributed by atoms with Crippen molar-refractivity contribution >= 4 is 23.2 Å². The van der Waals surface area contributed by atoms with E-state index in [1.54, 1.807) is 11.1 Å². The summed E-state index contributed by atoms with van der Waals surface area (Å²) in [6, 6.07) is 3.86. The van der Waals surface area contributed by atoms with E-state index in [2.05, 4.69) is 22.4 Å². The summed E-state index contributed by atoms with van der Waals surface area (Å²) in [4.78, 5) is 28.5. The molecule has 2 aromatic heterocycles. The minimum atomic E-state index is -0.396. The molecule has 122 valence electrons. The summed E-state index contributed by atoms with van der Waals surface area (Å²) in [5.41, 5.74) is 0.152. The van der Waals surface area contributed by atoms with Crippen molar-refractivity contribution in [1.82, 2.24) is 20.4 Å². The minimum Gasteiger partial charge on any atom is -0.344 e. The van der Waals surface area contributed by atoms with Crippen LogP contribution in [0.4, 0.5) is 0 Å². The monoisotopic (exact) mass is 332 g/mol. The standard InChI is InChI=1S/C16H20N4O2S/c1-3-12-4-5-13(23-12)14(21)19-16(2)6-7-20(10-16)15(22)11-8-17-18-9-11/h4-5,8-9H,3,6-7,10H2,1-2H3,(H,17,18)(H,19,21). The van der Waals surface area contributed by atoms with Gasteiger partial charge in [0.2, 0.25) is 0 Å². The molecule has 1 aliphatic rings. The van der Waals surface area contributed by atoms with E-state index in [0.29, 0.717) is 18.7 Å². The number of rotatable bonds is 4. The maximum absolute atomic E-state index is 12.4. The second-order valence-corrected chi connectivity index (χ2v) is 7.27. The number of thiophene rings is 1. The van der Waals surface area contributed by atoms with Crippen LogP contribution in [0.15, 0.2) is 24.5 Å².